The first-order valence-corrected chi connectivity index (χ1v) is 11.7. The van der Waals surface area contributed by atoms with E-state index >= 15 is 0 Å². The molecule has 1 aromatic carbocycles. The summed E-state index contributed by atoms with van der Waals surface area (Å²) in [5, 5.41) is 0. The molecule has 0 N–H and O–H groups in total. The number of likely N-dealkylation sites (tertiary alicyclic amines) is 1. The molecule has 166 valence electrons. The zero-order valence-corrected chi connectivity index (χ0v) is 18.8. The maximum atomic E-state index is 12.7. The molecule has 3 aromatic rings. The van der Waals surface area contributed by atoms with Gasteiger partial charge >= 0.3 is 0 Å². The van der Waals surface area contributed by atoms with Crippen LogP contribution in [0.4, 0.5) is 5.95 Å². The summed E-state index contributed by atoms with van der Waals surface area (Å²) in [4.78, 5) is 26.5. The second-order valence-electron chi connectivity index (χ2n) is 9.08. The van der Waals surface area contributed by atoms with E-state index in [1.165, 1.54) is 43.5 Å². The second-order valence-corrected chi connectivity index (χ2v) is 9.08. The fourth-order valence-corrected chi connectivity index (χ4v) is 5.01. The number of hydrogen-bond donors (Lipinski definition) is 0. The van der Waals surface area contributed by atoms with E-state index in [9.17, 15) is 4.79 Å². The van der Waals surface area contributed by atoms with Gasteiger partial charge in [-0.3, -0.25) is 19.2 Å². The Morgan fingerprint density at radius 1 is 0.969 bits per heavy atom. The molecule has 0 saturated carbocycles. The van der Waals surface area contributed by atoms with Crippen LogP contribution in [-0.2, 0) is 13.6 Å². The van der Waals surface area contributed by atoms with Gasteiger partial charge in [-0.1, -0.05) is 24.3 Å². The van der Waals surface area contributed by atoms with Gasteiger partial charge in [-0.05, 0) is 62.0 Å². The van der Waals surface area contributed by atoms with Crippen LogP contribution in [0.15, 0.2) is 59.7 Å². The number of anilines is 1. The van der Waals surface area contributed by atoms with Gasteiger partial charge in [-0.2, -0.15) is 0 Å². The lowest BCUT2D eigenvalue weighted by molar-refractivity contribution is 0.331. The molecule has 0 spiro atoms. The summed E-state index contributed by atoms with van der Waals surface area (Å²) < 4.78 is 1.67. The average Bonchev–Trinajstić information content (AvgIpc) is 3.35. The first-order chi connectivity index (χ1) is 15.7. The summed E-state index contributed by atoms with van der Waals surface area (Å²) in [6.45, 7) is 5.31. The van der Waals surface area contributed by atoms with E-state index in [0.717, 1.165) is 37.6 Å². The van der Waals surface area contributed by atoms with Crippen LogP contribution >= 0.6 is 0 Å². The largest absolute Gasteiger partial charge is 0.342 e. The summed E-state index contributed by atoms with van der Waals surface area (Å²) in [5.74, 6) is 1.20. The Morgan fingerprint density at radius 2 is 1.72 bits per heavy atom. The summed E-state index contributed by atoms with van der Waals surface area (Å²) in [6, 6.07) is 14.6. The van der Waals surface area contributed by atoms with Gasteiger partial charge in [0, 0.05) is 56.6 Å². The number of piperidine rings is 1. The quantitative estimate of drug-likeness (QED) is 0.617. The number of rotatable bonds is 5. The Labute approximate surface area is 189 Å². The van der Waals surface area contributed by atoms with Crippen LogP contribution in [-0.4, -0.2) is 45.6 Å². The molecule has 5 rings (SSSR count). The fraction of sp³-hybridized carbons (Fsp3) is 0.423. The number of aromatic nitrogens is 3. The van der Waals surface area contributed by atoms with Crippen molar-refractivity contribution in [3.05, 3.63) is 76.3 Å². The van der Waals surface area contributed by atoms with Gasteiger partial charge in [-0.25, -0.2) is 4.98 Å². The van der Waals surface area contributed by atoms with E-state index < -0.39 is 0 Å². The molecule has 6 heteroatoms. The molecule has 2 aliphatic rings. The lowest BCUT2D eigenvalue weighted by Crippen LogP contribution is -2.38. The van der Waals surface area contributed by atoms with Gasteiger partial charge in [0.25, 0.3) is 5.56 Å². The Morgan fingerprint density at radius 3 is 2.47 bits per heavy atom. The lowest BCUT2D eigenvalue weighted by atomic mass is 9.90. The van der Waals surface area contributed by atoms with E-state index in [-0.39, 0.29) is 5.56 Å². The number of nitrogens with zero attached hydrogens (tertiary/aromatic N) is 5. The highest BCUT2D eigenvalue weighted by atomic mass is 16.1. The molecule has 1 atom stereocenters. The molecule has 0 unspecified atom stereocenters. The summed E-state index contributed by atoms with van der Waals surface area (Å²) in [6.07, 6.45) is 8.39. The molecule has 2 aromatic heterocycles. The maximum absolute atomic E-state index is 12.7. The molecule has 2 fully saturated rings. The molecule has 0 amide bonds. The highest BCUT2D eigenvalue weighted by Gasteiger charge is 2.24. The van der Waals surface area contributed by atoms with Crippen molar-refractivity contribution in [1.29, 1.82) is 0 Å². The van der Waals surface area contributed by atoms with Crippen LogP contribution in [0.3, 0.4) is 0 Å². The minimum Gasteiger partial charge on any atom is -0.342 e. The first kappa shape index (κ1) is 20.9. The Hall–Kier alpha value is -2.99. The normalized spacial score (nSPS) is 19.4. The number of pyridine rings is 1. The van der Waals surface area contributed by atoms with Crippen LogP contribution < -0.4 is 10.5 Å². The van der Waals surface area contributed by atoms with Crippen LogP contribution in [0.1, 0.15) is 42.7 Å². The first-order valence-electron chi connectivity index (χ1n) is 11.7. The SMILES string of the molecule is Cn1c(N2CCC[C@H](c3ccc(CN4CCCC4)cc3)C2)nc(-c2ccncc2)cc1=O. The van der Waals surface area contributed by atoms with E-state index in [1.54, 1.807) is 23.0 Å². The van der Waals surface area contributed by atoms with E-state index in [4.69, 9.17) is 4.98 Å². The molecular weight excluding hydrogens is 398 g/mol. The molecule has 32 heavy (non-hydrogen) atoms. The minimum atomic E-state index is -0.0322. The van der Waals surface area contributed by atoms with Crippen molar-refractivity contribution >= 4 is 5.95 Å². The Kier molecular flexibility index (Phi) is 6.04. The number of hydrogen-bond acceptors (Lipinski definition) is 5. The monoisotopic (exact) mass is 429 g/mol. The standard InChI is InChI=1S/C26H31N5O/c1-29-25(32)17-24(22-10-12-27-13-11-22)28-26(29)31-16-4-5-23(19-31)21-8-6-20(7-9-21)18-30-14-2-3-15-30/h6-13,17,23H,2-5,14-16,18-19H2,1H3/t23-/m0/s1. The van der Waals surface area contributed by atoms with E-state index in [2.05, 4.69) is 39.0 Å². The topological polar surface area (TPSA) is 54.3 Å². The van der Waals surface area contributed by atoms with Crippen LogP contribution in [0.2, 0.25) is 0 Å². The Bertz CT molecular complexity index is 1100. The molecule has 6 nitrogen and oxygen atoms in total. The smallest absolute Gasteiger partial charge is 0.255 e. The van der Waals surface area contributed by atoms with Gasteiger partial charge < -0.3 is 4.90 Å². The van der Waals surface area contributed by atoms with E-state index in [1.807, 2.05) is 19.2 Å². The molecule has 2 aliphatic heterocycles. The van der Waals surface area contributed by atoms with Crippen LogP contribution in [0.5, 0.6) is 0 Å². The highest BCUT2D eigenvalue weighted by molar-refractivity contribution is 5.59. The predicted octanol–water partition coefficient (Wildman–Crippen LogP) is 3.82. The van der Waals surface area contributed by atoms with Crippen molar-refractivity contribution in [1.82, 2.24) is 19.4 Å². The van der Waals surface area contributed by atoms with Crippen molar-refractivity contribution in [3.8, 4) is 11.3 Å². The zero-order valence-electron chi connectivity index (χ0n) is 18.8. The zero-order chi connectivity index (χ0) is 21.9. The lowest BCUT2D eigenvalue weighted by Gasteiger charge is -2.34. The summed E-state index contributed by atoms with van der Waals surface area (Å²) in [7, 11) is 1.82. The van der Waals surface area contributed by atoms with Crippen LogP contribution in [0.25, 0.3) is 11.3 Å². The molecular formula is C26H31N5O. The summed E-state index contributed by atoms with van der Waals surface area (Å²) in [5.41, 5.74) is 4.38. The van der Waals surface area contributed by atoms with Crippen LogP contribution in [0, 0.1) is 0 Å². The third-order valence-corrected chi connectivity index (χ3v) is 6.85. The van der Waals surface area contributed by atoms with Gasteiger partial charge in [0.1, 0.15) is 0 Å². The third-order valence-electron chi connectivity index (χ3n) is 6.85. The molecule has 0 aliphatic carbocycles. The third kappa shape index (κ3) is 4.46. The van der Waals surface area contributed by atoms with Gasteiger partial charge in [0.2, 0.25) is 5.95 Å². The van der Waals surface area contributed by atoms with Crippen molar-refractivity contribution < 1.29 is 0 Å². The Balaban J connectivity index is 1.35. The van der Waals surface area contributed by atoms with Gasteiger partial charge in [0.05, 0.1) is 5.69 Å². The average molecular weight is 430 g/mol. The minimum absolute atomic E-state index is 0.0322. The highest BCUT2D eigenvalue weighted by Crippen LogP contribution is 2.30. The molecule has 0 bridgehead atoms. The van der Waals surface area contributed by atoms with Gasteiger partial charge in [-0.15, -0.1) is 0 Å². The fourth-order valence-electron chi connectivity index (χ4n) is 5.01. The second kappa shape index (κ2) is 9.25. The summed E-state index contributed by atoms with van der Waals surface area (Å²) >= 11 is 0. The van der Waals surface area contributed by atoms with Crippen molar-refractivity contribution in [3.63, 3.8) is 0 Å². The maximum Gasteiger partial charge on any atom is 0.255 e. The van der Waals surface area contributed by atoms with Crippen molar-refractivity contribution in [2.24, 2.45) is 7.05 Å². The predicted molar refractivity (Wildman–Crippen MR) is 128 cm³/mol. The molecule has 0 radical (unpaired) electrons. The van der Waals surface area contributed by atoms with Crippen molar-refractivity contribution in [2.75, 3.05) is 31.1 Å². The van der Waals surface area contributed by atoms with Gasteiger partial charge in [0.15, 0.2) is 0 Å². The van der Waals surface area contributed by atoms with E-state index in [0.29, 0.717) is 11.6 Å². The number of benzene rings is 1. The molecule has 2 saturated heterocycles. The van der Waals surface area contributed by atoms with Crippen molar-refractivity contribution in [2.45, 2.75) is 38.1 Å². The molecule has 4 heterocycles.